The van der Waals surface area contributed by atoms with E-state index in [2.05, 4.69) is 61.4 Å². The minimum atomic E-state index is -1.21. The number of amides is 4. The molecule has 6 aromatic heterocycles. The number of nitrogens with one attached hydrogen (secondary N) is 5. The van der Waals surface area contributed by atoms with Gasteiger partial charge < -0.3 is 40.4 Å². The molecule has 22 nitrogen and oxygen atoms in total. The van der Waals surface area contributed by atoms with Crippen LogP contribution in [0.3, 0.4) is 0 Å². The number of rotatable bonds is 21. The molecule has 4 amide bonds. The van der Waals surface area contributed by atoms with E-state index < -0.39 is 17.7 Å². The summed E-state index contributed by atoms with van der Waals surface area (Å²) in [4.78, 5) is 69.6. The number of fused-ring (bicyclic) bond motifs is 2. The number of carbonyl (C=O) groups excluding carboxylic acids is 2. The first-order chi connectivity index (χ1) is 36.4. The minimum absolute atomic E-state index is 0.233. The number of methoxy groups -OCH3 is 1. The van der Waals surface area contributed by atoms with E-state index >= 15 is 0 Å². The van der Waals surface area contributed by atoms with Crippen molar-refractivity contribution in [1.29, 1.82) is 0 Å². The van der Waals surface area contributed by atoms with E-state index in [4.69, 9.17) is 29.2 Å². The highest BCUT2D eigenvalue weighted by molar-refractivity contribution is 7.23. The van der Waals surface area contributed by atoms with Gasteiger partial charge in [-0.25, -0.2) is 49.5 Å². The van der Waals surface area contributed by atoms with Crippen molar-refractivity contribution in [2.24, 2.45) is 0 Å². The van der Waals surface area contributed by atoms with Crippen LogP contribution in [-0.2, 0) is 15.1 Å². The Bertz CT molecular complexity index is 3240. The van der Waals surface area contributed by atoms with Gasteiger partial charge in [-0.05, 0) is 81.1 Å². The lowest BCUT2D eigenvalue weighted by Crippen LogP contribution is -2.39. The number of hydrogen-bond acceptors (Lipinski definition) is 20. The van der Waals surface area contributed by atoms with Gasteiger partial charge in [-0.3, -0.25) is 20.5 Å². The molecule has 24 heteroatoms. The molecule has 390 valence electrons. The smallest absolute Gasteiger partial charge is 0.321 e. The van der Waals surface area contributed by atoms with Gasteiger partial charge in [0.2, 0.25) is 0 Å². The number of ether oxygens (including phenoxy) is 3. The first-order valence-corrected chi connectivity index (χ1v) is 26.0. The van der Waals surface area contributed by atoms with Gasteiger partial charge in [-0.15, -0.1) is 0 Å². The summed E-state index contributed by atoms with van der Waals surface area (Å²) < 4.78 is 18.1. The van der Waals surface area contributed by atoms with Crippen LogP contribution in [0.15, 0.2) is 79.6 Å². The van der Waals surface area contributed by atoms with Gasteiger partial charge >= 0.3 is 12.1 Å². The summed E-state index contributed by atoms with van der Waals surface area (Å²) in [5.41, 5.74) is 5.01. The maximum atomic E-state index is 13.3. The van der Waals surface area contributed by atoms with Crippen LogP contribution in [0.2, 0.25) is 0 Å². The van der Waals surface area contributed by atoms with Crippen molar-refractivity contribution in [3.05, 3.63) is 91.3 Å². The molecule has 1 aliphatic heterocycles. The third-order valence-corrected chi connectivity index (χ3v) is 13.9. The summed E-state index contributed by atoms with van der Waals surface area (Å²) in [6, 6.07) is 12.3. The van der Waals surface area contributed by atoms with Crippen LogP contribution in [0.1, 0.15) is 51.4 Å². The fraction of sp³-hybridized carbons (Fsp3) is 0.353. The molecule has 0 spiro atoms. The number of hydrogen-bond donors (Lipinski definition) is 7. The third-order valence-electron chi connectivity index (χ3n) is 11.8. The maximum absolute atomic E-state index is 13.3. The van der Waals surface area contributed by atoms with Crippen LogP contribution in [-0.4, -0.2) is 145 Å². The second-order valence-corrected chi connectivity index (χ2v) is 19.9. The molecule has 9 rings (SSSR count). The van der Waals surface area contributed by atoms with Gasteiger partial charge in [0.1, 0.15) is 29.9 Å². The molecule has 2 aromatic carbocycles. The van der Waals surface area contributed by atoms with Crippen molar-refractivity contribution in [3.8, 4) is 50.6 Å². The number of aliphatic hydroxyl groups is 2. The van der Waals surface area contributed by atoms with Crippen molar-refractivity contribution in [2.45, 2.75) is 45.3 Å². The highest BCUT2D eigenvalue weighted by atomic mass is 32.1. The summed E-state index contributed by atoms with van der Waals surface area (Å²) in [5.74, 6) is 2.29. The van der Waals surface area contributed by atoms with Gasteiger partial charge in [-0.2, -0.15) is 0 Å². The molecule has 0 aliphatic carbocycles. The fourth-order valence-electron chi connectivity index (χ4n) is 8.03. The molecule has 1 aliphatic rings. The average Bonchev–Trinajstić information content (AvgIpc) is 4.03. The Balaban J connectivity index is 0.854. The van der Waals surface area contributed by atoms with Gasteiger partial charge in [-0.1, -0.05) is 22.7 Å². The predicted molar refractivity (Wildman–Crippen MR) is 288 cm³/mol. The quantitative estimate of drug-likeness (QED) is 0.0353. The summed E-state index contributed by atoms with van der Waals surface area (Å²) in [7, 11) is 1.61. The molecule has 7 heterocycles. The van der Waals surface area contributed by atoms with Crippen LogP contribution >= 0.6 is 22.7 Å². The van der Waals surface area contributed by atoms with Crippen LogP contribution in [0.25, 0.3) is 65.3 Å². The van der Waals surface area contributed by atoms with E-state index in [1.807, 2.05) is 43.3 Å². The molecule has 8 aromatic rings. The number of thiazole rings is 2. The molecule has 1 fully saturated rings. The first kappa shape index (κ1) is 52.4. The Morgan fingerprint density at radius 1 is 0.773 bits per heavy atom. The van der Waals surface area contributed by atoms with Crippen LogP contribution in [0.5, 0.6) is 5.75 Å². The topological polar surface area (TPSA) is 282 Å². The molecule has 0 bridgehead atoms. The molecule has 1 unspecified atom stereocenters. The second kappa shape index (κ2) is 24.3. The van der Waals surface area contributed by atoms with E-state index in [-0.39, 0.29) is 24.8 Å². The number of nitrogens with zero attached hydrogens (tertiary/aromatic N) is 10. The number of aliphatic hydroxyl groups excluding tert-OH is 1. The molecule has 0 saturated carbocycles. The Morgan fingerprint density at radius 3 is 2.08 bits per heavy atom. The number of benzene rings is 2. The molecule has 0 radical (unpaired) electrons. The maximum Gasteiger partial charge on any atom is 0.321 e. The first-order valence-electron chi connectivity index (χ1n) is 24.4. The number of carbonyl (C=O) groups is 2. The number of pyridine rings is 1. The normalized spacial score (nSPS) is 13.4. The van der Waals surface area contributed by atoms with E-state index in [1.54, 1.807) is 64.2 Å². The number of anilines is 3. The number of urea groups is 2. The molecular weight excluding hydrogens is 999 g/mol. The van der Waals surface area contributed by atoms with Gasteiger partial charge in [0, 0.05) is 112 Å². The Labute approximate surface area is 439 Å². The largest absolute Gasteiger partial charge is 0.491 e. The average molecular weight is 1060 g/mol. The SMILES string of the molecule is CCNC(=O)Nc1nc2cc(-c3cnc(C(O)CCCNC(=O)Nc4nc5cc(-c6cnc(C(C)(C)O)nc6)cc(-c6nccc(NCCN7CCOCC7)n6)c5s4)nc3)cc(-c3cc(OCCOC)ccn3)c2s1. The van der Waals surface area contributed by atoms with Crippen molar-refractivity contribution in [3.63, 3.8) is 0 Å². The zero-order valence-corrected chi connectivity index (χ0v) is 43.4. The highest BCUT2D eigenvalue weighted by Crippen LogP contribution is 2.40. The van der Waals surface area contributed by atoms with Crippen molar-refractivity contribution in [2.75, 3.05) is 88.8 Å². The molecule has 75 heavy (non-hydrogen) atoms. The lowest BCUT2D eigenvalue weighted by atomic mass is 10.0. The minimum Gasteiger partial charge on any atom is -0.491 e. The summed E-state index contributed by atoms with van der Waals surface area (Å²) >= 11 is 2.62. The van der Waals surface area contributed by atoms with Crippen molar-refractivity contribution < 1.29 is 34.0 Å². The number of aromatic nitrogens is 9. The fourth-order valence-corrected chi connectivity index (χ4v) is 9.94. The van der Waals surface area contributed by atoms with Crippen molar-refractivity contribution in [1.82, 2.24) is 60.4 Å². The summed E-state index contributed by atoms with van der Waals surface area (Å²) in [6.45, 7) is 11.4. The highest BCUT2D eigenvalue weighted by Gasteiger charge is 2.22. The lowest BCUT2D eigenvalue weighted by Gasteiger charge is -2.26. The third kappa shape index (κ3) is 13.5. The van der Waals surface area contributed by atoms with E-state index in [9.17, 15) is 19.8 Å². The van der Waals surface area contributed by atoms with Gasteiger partial charge in [0.15, 0.2) is 27.7 Å². The number of morpholine rings is 1. The Morgan fingerprint density at radius 2 is 1.41 bits per heavy atom. The Hall–Kier alpha value is -7.45. The van der Waals surface area contributed by atoms with Crippen LogP contribution < -0.4 is 31.3 Å². The summed E-state index contributed by atoms with van der Waals surface area (Å²) in [6.07, 6.45) is 9.67. The van der Waals surface area contributed by atoms with E-state index in [0.717, 1.165) is 58.9 Å². The zero-order valence-electron chi connectivity index (χ0n) is 41.8. The molecule has 7 N–H and O–H groups in total. The van der Waals surface area contributed by atoms with Crippen molar-refractivity contribution >= 4 is 71.3 Å². The monoisotopic (exact) mass is 1060 g/mol. The van der Waals surface area contributed by atoms with Gasteiger partial charge in [0.05, 0.1) is 45.9 Å². The van der Waals surface area contributed by atoms with E-state index in [0.29, 0.717) is 99.6 Å². The molecular formula is C51H57N15O7S2. The lowest BCUT2D eigenvalue weighted by molar-refractivity contribution is 0.0398. The second-order valence-electron chi connectivity index (χ2n) is 17.9. The Kier molecular flexibility index (Phi) is 17.0. The van der Waals surface area contributed by atoms with Crippen LogP contribution in [0, 0.1) is 0 Å². The van der Waals surface area contributed by atoms with E-state index in [1.165, 1.54) is 22.7 Å². The molecule has 1 atom stereocenters. The zero-order chi connectivity index (χ0) is 52.3. The van der Waals surface area contributed by atoms with Gasteiger partial charge in [0.25, 0.3) is 0 Å². The summed E-state index contributed by atoms with van der Waals surface area (Å²) in [5, 5.41) is 37.1. The molecule has 1 saturated heterocycles. The van der Waals surface area contributed by atoms with Crippen LogP contribution in [0.4, 0.5) is 25.7 Å². The predicted octanol–water partition coefficient (Wildman–Crippen LogP) is 7.11. The standard InChI is InChI=1S/C51H57N15O7S2/c1-5-52-47(68)64-49-61-38-23-30(21-35(42(38)74-49)37-25-34(8-11-53-37)73-20-19-71-4)32-26-57-45(58-27-32)40(67)7-6-10-56-48(69)65-50-62-39-24-31(33-28-59-46(60-29-33)51(2,3)70)22-36(43(39)75-50)44-55-12-9-41(63-44)54-13-14-66-15-17-72-18-16-66/h8-9,11-12,21-29,40,67,70H,5-7,10,13-20H2,1-4H3,(H,54,55,63)(H2,52,61,64,68)(H2,56,62,65,69).